The minimum Gasteiger partial charge on any atom is -0.480 e. The first-order chi connectivity index (χ1) is 5.43. The maximum absolute atomic E-state index is 10.2. The molecule has 0 heterocycles. The highest BCUT2D eigenvalue weighted by Gasteiger charge is 2.09. The summed E-state index contributed by atoms with van der Waals surface area (Å²) in [5, 5.41) is 16.6. The molecule has 0 fully saturated rings. The summed E-state index contributed by atoms with van der Waals surface area (Å²) in [6, 6.07) is 0. The maximum atomic E-state index is 10.2. The number of hydrogen-bond donors (Lipinski definition) is 3. The Morgan fingerprint density at radius 1 is 1.23 bits per heavy atom. The van der Waals surface area contributed by atoms with E-state index in [2.05, 4.69) is 24.8 Å². The minimum absolute atomic E-state index is 0. The molecular weight excluding hydrogens is 216 g/mol. The molecule has 0 spiro atoms. The lowest BCUT2D eigenvalue weighted by atomic mass is 10.5. The van der Waals surface area contributed by atoms with Crippen LogP contribution >= 0.6 is 12.2 Å². The predicted molar refractivity (Wildman–Crippen MR) is 52.8 cm³/mol. The Hall–Kier alpha value is -0.990. The molecule has 0 aliphatic rings. The first kappa shape index (κ1) is 14.5. The molecule has 6 N–H and O–H groups in total. The van der Waals surface area contributed by atoms with E-state index in [1.54, 1.807) is 0 Å². The van der Waals surface area contributed by atoms with E-state index in [4.69, 9.17) is 10.2 Å². The molecule has 0 radical (unpaired) electrons. The molecule has 0 aliphatic carbocycles. The molecule has 13 heavy (non-hydrogen) atoms. The Morgan fingerprint density at radius 2 is 1.54 bits per heavy atom. The van der Waals surface area contributed by atoms with E-state index in [9.17, 15) is 9.59 Å². The van der Waals surface area contributed by atoms with Gasteiger partial charge in [-0.25, -0.2) is 0 Å². The number of carbonyl (C=O) groups is 2. The van der Waals surface area contributed by atoms with Crippen LogP contribution in [0.25, 0.3) is 0 Å². The van der Waals surface area contributed by atoms with Crippen molar-refractivity contribution in [1.29, 1.82) is 0 Å². The van der Waals surface area contributed by atoms with E-state index >= 15 is 0 Å². The van der Waals surface area contributed by atoms with Crippen molar-refractivity contribution in [2.45, 2.75) is 0 Å². The fourth-order valence-electron chi connectivity index (χ4n) is 0.512. The summed E-state index contributed by atoms with van der Waals surface area (Å²) < 4.78 is -0.153. The van der Waals surface area contributed by atoms with Crippen LogP contribution < -0.4 is 6.15 Å². The van der Waals surface area contributed by atoms with Crippen LogP contribution in [-0.2, 0) is 22.2 Å². The van der Waals surface area contributed by atoms with Gasteiger partial charge in [0.15, 0.2) is 0 Å². The number of quaternary nitrogens is 1. The third kappa shape index (κ3) is 7.37. The lowest BCUT2D eigenvalue weighted by Gasteiger charge is -2.23. The third-order valence-electron chi connectivity index (χ3n) is 0.910. The summed E-state index contributed by atoms with van der Waals surface area (Å²) in [7, 11) is 0. The number of hydrogen-bond acceptors (Lipinski definition) is 4. The van der Waals surface area contributed by atoms with Gasteiger partial charge in [-0.1, -0.05) is 4.32 Å². The monoisotopic (exact) mass is 226 g/mol. The zero-order valence-electron chi connectivity index (χ0n) is 6.89. The van der Waals surface area contributed by atoms with Crippen molar-refractivity contribution >= 4 is 41.1 Å². The molecule has 6 nitrogen and oxygen atoms in total. The van der Waals surface area contributed by atoms with Crippen molar-refractivity contribution in [3.05, 3.63) is 0 Å². The van der Waals surface area contributed by atoms with Gasteiger partial charge < -0.3 is 46.1 Å². The topological polar surface area (TPSA) is 114 Å². The first-order valence-electron chi connectivity index (χ1n) is 2.83. The Morgan fingerprint density at radius 3 is 1.69 bits per heavy atom. The molecule has 0 rings (SSSR count). The highest BCUT2D eigenvalue weighted by molar-refractivity contribution is 8.00. The number of carboxylic acid groups (broad SMARTS) is 2. The molecule has 0 unspecified atom stereocenters. The lowest BCUT2D eigenvalue weighted by molar-refractivity contribution is -0.139. The Labute approximate surface area is 85.5 Å². The van der Waals surface area contributed by atoms with E-state index in [0.29, 0.717) is 0 Å². The fraction of sp³-hybridized carbons (Fsp3) is 0.400. The lowest BCUT2D eigenvalue weighted by Crippen LogP contribution is -2.37. The molecule has 0 aliphatic heterocycles. The van der Waals surface area contributed by atoms with E-state index in [1.807, 2.05) is 0 Å². The zero-order chi connectivity index (χ0) is 9.72. The molecule has 76 valence electrons. The molecule has 8 heteroatoms. The van der Waals surface area contributed by atoms with Gasteiger partial charge >= 0.3 is 11.9 Å². The van der Waals surface area contributed by atoms with Crippen LogP contribution in [0.5, 0.6) is 0 Å². The summed E-state index contributed by atoms with van der Waals surface area (Å²) in [6.07, 6.45) is 0. The summed E-state index contributed by atoms with van der Waals surface area (Å²) in [4.78, 5) is 21.2. The molecular formula is C5H10N2O4S2. The number of aliphatic carboxylic acids is 2. The van der Waals surface area contributed by atoms with Gasteiger partial charge in [-0.15, -0.1) is 0 Å². The van der Waals surface area contributed by atoms with Crippen molar-refractivity contribution in [1.82, 2.24) is 11.1 Å². The van der Waals surface area contributed by atoms with Gasteiger partial charge in [-0.05, 0) is 0 Å². The van der Waals surface area contributed by atoms with Crippen LogP contribution in [0.1, 0.15) is 0 Å². The smallest absolute Gasteiger partial charge is 0.323 e. The Balaban J connectivity index is 0. The number of carboxylic acids is 2. The molecule has 0 saturated heterocycles. The standard InChI is InChI=1S/C5H7NO4S2.H3N/c7-3(8)1-6(5(11)12)2-4(9)10;/h1-2H2,(H,7,8)(H,9,10)(H,11,12);1H3. The van der Waals surface area contributed by atoms with E-state index in [1.165, 1.54) is 0 Å². The number of nitrogens with zero attached hydrogens (tertiary/aromatic N) is 1. The van der Waals surface area contributed by atoms with Gasteiger partial charge in [0.05, 0.1) is 0 Å². The number of thiocarbonyl (C=S) groups is 1. The summed E-state index contributed by atoms with van der Waals surface area (Å²) in [5.74, 6) is -2.33. The Kier molecular flexibility index (Phi) is 7.28. The van der Waals surface area contributed by atoms with Crippen LogP contribution in [0.15, 0.2) is 0 Å². The van der Waals surface area contributed by atoms with Crippen molar-refractivity contribution in [2.24, 2.45) is 0 Å². The zero-order valence-corrected chi connectivity index (χ0v) is 8.52. The van der Waals surface area contributed by atoms with Gasteiger partial charge in [0.25, 0.3) is 0 Å². The Bertz CT molecular complexity index is 205. The van der Waals surface area contributed by atoms with Crippen LogP contribution in [0.3, 0.4) is 0 Å². The van der Waals surface area contributed by atoms with Gasteiger partial charge in [0.1, 0.15) is 13.1 Å². The average Bonchev–Trinajstić information content (AvgIpc) is 1.83. The minimum atomic E-state index is -1.16. The normalized spacial score (nSPS) is 8.31. The summed E-state index contributed by atoms with van der Waals surface area (Å²) >= 11 is 8.94. The molecule has 0 saturated carbocycles. The largest absolute Gasteiger partial charge is 0.480 e. The molecule has 0 aromatic heterocycles. The van der Waals surface area contributed by atoms with Gasteiger partial charge in [-0.3, -0.25) is 9.59 Å². The van der Waals surface area contributed by atoms with Gasteiger partial charge in [0.2, 0.25) is 0 Å². The van der Waals surface area contributed by atoms with Crippen LogP contribution in [-0.4, -0.2) is 44.5 Å². The molecule has 0 aromatic rings. The third-order valence-corrected chi connectivity index (χ3v) is 1.43. The molecule has 0 amide bonds. The van der Waals surface area contributed by atoms with Crippen molar-refractivity contribution in [3.8, 4) is 0 Å². The second-order valence-electron chi connectivity index (χ2n) is 1.91. The highest BCUT2D eigenvalue weighted by Crippen LogP contribution is 1.90. The van der Waals surface area contributed by atoms with Crippen LogP contribution in [0, 0.1) is 0 Å². The quantitative estimate of drug-likeness (QED) is 0.444. The summed E-state index contributed by atoms with van der Waals surface area (Å²) in [5.41, 5.74) is 0. The first-order valence-corrected chi connectivity index (χ1v) is 3.64. The van der Waals surface area contributed by atoms with Crippen molar-refractivity contribution in [2.75, 3.05) is 13.1 Å². The van der Waals surface area contributed by atoms with Crippen molar-refractivity contribution in [3.63, 3.8) is 0 Å². The molecule has 0 atom stereocenters. The molecule has 0 bridgehead atoms. The molecule has 0 aromatic carbocycles. The van der Waals surface area contributed by atoms with E-state index in [0.717, 1.165) is 4.90 Å². The van der Waals surface area contributed by atoms with Gasteiger partial charge in [0, 0.05) is 0 Å². The average molecular weight is 226 g/mol. The van der Waals surface area contributed by atoms with Crippen LogP contribution in [0.2, 0.25) is 0 Å². The summed E-state index contributed by atoms with van der Waals surface area (Å²) in [6.45, 7) is -0.955. The van der Waals surface area contributed by atoms with Crippen LogP contribution in [0.4, 0.5) is 0 Å². The maximum Gasteiger partial charge on any atom is 0.323 e. The SMILES string of the molecule is O=C(O)CN(CC(=O)O)C(=S)[S-].[NH4+]. The number of rotatable bonds is 4. The van der Waals surface area contributed by atoms with E-state index in [-0.39, 0.29) is 10.5 Å². The second-order valence-corrected chi connectivity index (χ2v) is 2.94. The highest BCUT2D eigenvalue weighted by atomic mass is 32.1. The van der Waals surface area contributed by atoms with E-state index < -0.39 is 25.0 Å². The van der Waals surface area contributed by atoms with Gasteiger partial charge in [-0.2, -0.15) is 0 Å². The predicted octanol–water partition coefficient (Wildman–Crippen LogP) is -0.334. The fourth-order valence-corrected chi connectivity index (χ4v) is 0.770. The van der Waals surface area contributed by atoms with Crippen molar-refractivity contribution < 1.29 is 19.8 Å². The second kappa shape index (κ2) is 6.52.